The summed E-state index contributed by atoms with van der Waals surface area (Å²) in [7, 11) is 0. The Labute approximate surface area is 123 Å². The van der Waals surface area contributed by atoms with Crippen molar-refractivity contribution in [1.82, 2.24) is 9.55 Å². The van der Waals surface area contributed by atoms with Crippen molar-refractivity contribution >= 4 is 0 Å². The molecular formula is C16H18N2O3. The molecule has 1 aromatic heterocycles. The Morgan fingerprint density at radius 1 is 1.19 bits per heavy atom. The molecule has 0 spiro atoms. The molecule has 2 aromatic rings. The molecule has 1 aliphatic heterocycles. The van der Waals surface area contributed by atoms with Crippen LogP contribution in [0.2, 0.25) is 0 Å². The zero-order chi connectivity index (χ0) is 14.2. The zero-order valence-corrected chi connectivity index (χ0v) is 11.8. The molecule has 0 amide bonds. The highest BCUT2D eigenvalue weighted by Crippen LogP contribution is 2.34. The van der Waals surface area contributed by atoms with Gasteiger partial charge in [0.2, 0.25) is 6.79 Å². The highest BCUT2D eigenvalue weighted by Gasteiger charge is 2.20. The van der Waals surface area contributed by atoms with Crippen LogP contribution in [0.15, 0.2) is 24.5 Å². The van der Waals surface area contributed by atoms with Crippen LogP contribution in [-0.2, 0) is 19.4 Å². The summed E-state index contributed by atoms with van der Waals surface area (Å²) in [5, 5.41) is 10.5. The smallest absolute Gasteiger partial charge is 0.231 e. The molecule has 4 rings (SSSR count). The minimum Gasteiger partial charge on any atom is -0.454 e. The van der Waals surface area contributed by atoms with E-state index in [9.17, 15) is 5.11 Å². The first-order valence-corrected chi connectivity index (χ1v) is 7.42. The largest absolute Gasteiger partial charge is 0.454 e. The van der Waals surface area contributed by atoms with Crippen molar-refractivity contribution in [2.45, 2.75) is 38.3 Å². The second-order valence-corrected chi connectivity index (χ2v) is 5.63. The minimum atomic E-state index is -0.570. The zero-order valence-electron chi connectivity index (χ0n) is 11.8. The summed E-state index contributed by atoms with van der Waals surface area (Å²) in [5.74, 6) is 1.45. The molecule has 5 heteroatoms. The number of aliphatic hydroxyl groups excluding tert-OH is 1. The fourth-order valence-corrected chi connectivity index (χ4v) is 3.10. The molecule has 110 valence electrons. The summed E-state index contributed by atoms with van der Waals surface area (Å²) in [4.78, 5) is 4.47. The summed E-state index contributed by atoms with van der Waals surface area (Å²) in [6, 6.07) is 5.60. The Balaban J connectivity index is 1.55. The molecule has 0 fully saturated rings. The van der Waals surface area contributed by atoms with E-state index >= 15 is 0 Å². The lowest BCUT2D eigenvalue weighted by Crippen LogP contribution is -2.13. The molecule has 0 radical (unpaired) electrons. The molecule has 5 nitrogen and oxygen atoms in total. The minimum absolute atomic E-state index is 0.254. The van der Waals surface area contributed by atoms with Gasteiger partial charge in [-0.3, -0.25) is 0 Å². The van der Waals surface area contributed by atoms with Gasteiger partial charge in [-0.1, -0.05) is 6.07 Å². The van der Waals surface area contributed by atoms with Crippen molar-refractivity contribution in [2.24, 2.45) is 0 Å². The Hall–Kier alpha value is -2.01. The fourth-order valence-electron chi connectivity index (χ4n) is 3.10. The van der Waals surface area contributed by atoms with Crippen LogP contribution in [0.3, 0.4) is 0 Å². The number of nitrogens with zero attached hydrogens (tertiary/aromatic N) is 2. The lowest BCUT2D eigenvalue weighted by Gasteiger charge is -2.17. The molecule has 1 aromatic carbocycles. The van der Waals surface area contributed by atoms with Crippen molar-refractivity contribution in [1.29, 1.82) is 0 Å². The van der Waals surface area contributed by atoms with E-state index in [1.165, 1.54) is 24.2 Å². The molecule has 1 aliphatic carbocycles. The van der Waals surface area contributed by atoms with Crippen molar-refractivity contribution in [3.8, 4) is 11.5 Å². The van der Waals surface area contributed by atoms with Gasteiger partial charge in [0.25, 0.3) is 0 Å². The molecule has 21 heavy (non-hydrogen) atoms. The van der Waals surface area contributed by atoms with E-state index in [0.717, 1.165) is 24.2 Å². The van der Waals surface area contributed by atoms with Gasteiger partial charge in [-0.2, -0.15) is 0 Å². The van der Waals surface area contributed by atoms with Gasteiger partial charge in [0.1, 0.15) is 0 Å². The van der Waals surface area contributed by atoms with Crippen LogP contribution >= 0.6 is 0 Å². The third kappa shape index (κ3) is 2.27. The average Bonchev–Trinajstić information content (AvgIpc) is 3.13. The summed E-state index contributed by atoms with van der Waals surface area (Å²) in [6.45, 7) is 0.784. The standard InChI is InChI=1S/C16H18N2O3/c19-14(11-5-6-15-16(7-11)21-10-20-15)8-18-9-17-12-3-1-2-4-13(12)18/h5-7,9,14,19H,1-4,8,10H2. The second-order valence-electron chi connectivity index (χ2n) is 5.63. The quantitative estimate of drug-likeness (QED) is 0.940. The first kappa shape index (κ1) is 12.7. The third-order valence-electron chi connectivity index (χ3n) is 4.26. The molecule has 0 bridgehead atoms. The number of fused-ring (bicyclic) bond motifs is 2. The number of rotatable bonds is 3. The molecular weight excluding hydrogens is 268 g/mol. The van der Waals surface area contributed by atoms with Crippen molar-refractivity contribution in [3.05, 3.63) is 41.5 Å². The number of ether oxygens (including phenoxy) is 2. The number of aryl methyl sites for hydroxylation is 1. The first-order valence-electron chi connectivity index (χ1n) is 7.42. The van der Waals surface area contributed by atoms with Crippen LogP contribution in [0, 0.1) is 0 Å². The third-order valence-corrected chi connectivity index (χ3v) is 4.26. The molecule has 1 unspecified atom stereocenters. The maximum absolute atomic E-state index is 10.5. The Morgan fingerprint density at radius 3 is 3.00 bits per heavy atom. The average molecular weight is 286 g/mol. The lowest BCUT2D eigenvalue weighted by molar-refractivity contribution is 0.154. The summed E-state index contributed by atoms with van der Waals surface area (Å²) in [5.41, 5.74) is 3.32. The van der Waals surface area contributed by atoms with Crippen LogP contribution in [0.1, 0.15) is 35.9 Å². The highest BCUT2D eigenvalue weighted by atomic mass is 16.7. The van der Waals surface area contributed by atoms with E-state index in [0.29, 0.717) is 12.3 Å². The molecule has 1 N–H and O–H groups in total. The van der Waals surface area contributed by atoms with E-state index in [1.807, 2.05) is 24.5 Å². The normalized spacial score (nSPS) is 17.6. The summed E-state index contributed by atoms with van der Waals surface area (Å²) < 4.78 is 12.7. The van der Waals surface area contributed by atoms with Gasteiger partial charge in [0, 0.05) is 5.69 Å². The molecule has 2 heterocycles. The van der Waals surface area contributed by atoms with E-state index in [1.54, 1.807) is 0 Å². The SMILES string of the molecule is OC(Cn1cnc2c1CCCC2)c1ccc2c(c1)OCO2. The Kier molecular flexibility index (Phi) is 3.07. The van der Waals surface area contributed by atoms with E-state index in [-0.39, 0.29) is 6.79 Å². The highest BCUT2D eigenvalue weighted by molar-refractivity contribution is 5.45. The molecule has 2 aliphatic rings. The van der Waals surface area contributed by atoms with Gasteiger partial charge in [0.05, 0.1) is 24.7 Å². The van der Waals surface area contributed by atoms with Gasteiger partial charge in [-0.15, -0.1) is 0 Å². The number of hydrogen-bond donors (Lipinski definition) is 1. The summed E-state index contributed by atoms with van der Waals surface area (Å²) >= 11 is 0. The predicted octanol–water partition coefficient (Wildman–Crippen LogP) is 2.22. The van der Waals surface area contributed by atoms with E-state index in [4.69, 9.17) is 9.47 Å². The lowest BCUT2D eigenvalue weighted by atomic mass is 10.0. The maximum atomic E-state index is 10.5. The first-order chi connectivity index (χ1) is 10.3. The van der Waals surface area contributed by atoms with Crippen molar-refractivity contribution < 1.29 is 14.6 Å². The van der Waals surface area contributed by atoms with Crippen LogP contribution in [0.25, 0.3) is 0 Å². The Bertz CT molecular complexity index is 666. The topological polar surface area (TPSA) is 56.5 Å². The second kappa shape index (κ2) is 5.07. The number of aliphatic hydroxyl groups is 1. The van der Waals surface area contributed by atoms with Gasteiger partial charge < -0.3 is 19.1 Å². The van der Waals surface area contributed by atoms with Crippen LogP contribution in [0.4, 0.5) is 0 Å². The van der Waals surface area contributed by atoms with E-state index in [2.05, 4.69) is 9.55 Å². The van der Waals surface area contributed by atoms with Gasteiger partial charge >= 0.3 is 0 Å². The van der Waals surface area contributed by atoms with Crippen LogP contribution in [0.5, 0.6) is 11.5 Å². The van der Waals surface area contributed by atoms with E-state index < -0.39 is 6.10 Å². The fraction of sp³-hybridized carbons (Fsp3) is 0.438. The molecule has 0 saturated carbocycles. The predicted molar refractivity (Wildman–Crippen MR) is 76.4 cm³/mol. The van der Waals surface area contributed by atoms with Crippen molar-refractivity contribution in [2.75, 3.05) is 6.79 Å². The monoisotopic (exact) mass is 286 g/mol. The summed E-state index contributed by atoms with van der Waals surface area (Å²) in [6.07, 6.45) is 5.82. The number of imidazole rings is 1. The van der Waals surface area contributed by atoms with Gasteiger partial charge in [-0.25, -0.2) is 4.98 Å². The number of hydrogen-bond acceptors (Lipinski definition) is 4. The van der Waals surface area contributed by atoms with Crippen molar-refractivity contribution in [3.63, 3.8) is 0 Å². The Morgan fingerprint density at radius 2 is 2.05 bits per heavy atom. The number of aromatic nitrogens is 2. The molecule has 0 saturated heterocycles. The van der Waals surface area contributed by atoms with Gasteiger partial charge in [-0.05, 0) is 43.4 Å². The van der Waals surface area contributed by atoms with Crippen LogP contribution in [-0.4, -0.2) is 21.5 Å². The van der Waals surface area contributed by atoms with Crippen LogP contribution < -0.4 is 9.47 Å². The van der Waals surface area contributed by atoms with Gasteiger partial charge in [0.15, 0.2) is 11.5 Å². The maximum Gasteiger partial charge on any atom is 0.231 e. The number of benzene rings is 1. The molecule has 1 atom stereocenters.